The van der Waals surface area contributed by atoms with Crippen LogP contribution in [-0.4, -0.2) is 70.8 Å². The number of aliphatic hydroxyl groups is 1. The lowest BCUT2D eigenvalue weighted by molar-refractivity contribution is -0.385. The van der Waals surface area contributed by atoms with E-state index < -0.39 is 40.0 Å². The Balaban J connectivity index is 1.56. The number of nitrogens with one attached hydrogen (secondary N) is 4. The van der Waals surface area contributed by atoms with E-state index in [9.17, 15) is 39.7 Å². The molecular weight excluding hydrogens is 546 g/mol. The molecule has 41 heavy (non-hydrogen) atoms. The standard InChI is InChI=1S/C24H27N7O10/c32-20(9-21(33)27-17-10-25-11-17)12-26-22(28-23(34)40-13-15-1-5-18(6-2-15)30(36)37)29-24(35)41-14-16-3-7-19(8-4-16)31(38)39/h1-8,17,20,25,32H,9-14H2,(H,27,33)(H2,26,28,29,34,35). The molecule has 0 radical (unpaired) electrons. The second-order valence-corrected chi connectivity index (χ2v) is 8.72. The average molecular weight is 574 g/mol. The van der Waals surface area contributed by atoms with Crippen LogP contribution in [0.1, 0.15) is 17.5 Å². The number of rotatable bonds is 11. The minimum atomic E-state index is -1.24. The number of aliphatic imine (C=N–C) groups is 1. The van der Waals surface area contributed by atoms with E-state index in [2.05, 4.69) is 26.3 Å². The molecule has 1 aliphatic rings. The molecular formula is C24H27N7O10. The topological polar surface area (TPSA) is 237 Å². The highest BCUT2D eigenvalue weighted by Gasteiger charge is 2.21. The number of amides is 3. The molecule has 17 nitrogen and oxygen atoms in total. The summed E-state index contributed by atoms with van der Waals surface area (Å²) in [5, 5.41) is 41.9. The third kappa shape index (κ3) is 10.5. The molecule has 1 aliphatic heterocycles. The van der Waals surface area contributed by atoms with Crippen LogP contribution in [0.5, 0.6) is 0 Å². The van der Waals surface area contributed by atoms with Crippen molar-refractivity contribution in [2.24, 2.45) is 4.99 Å². The van der Waals surface area contributed by atoms with Gasteiger partial charge in [-0.2, -0.15) is 0 Å². The number of nitro groups is 2. The first-order valence-corrected chi connectivity index (χ1v) is 12.2. The number of hydrogen-bond acceptors (Lipinski definition) is 12. The number of carbonyl (C=O) groups is 3. The number of nitro benzene ring substituents is 2. The van der Waals surface area contributed by atoms with Crippen molar-refractivity contribution in [2.75, 3.05) is 19.6 Å². The Hall–Kier alpha value is -5.16. The van der Waals surface area contributed by atoms with Crippen LogP contribution < -0.4 is 21.3 Å². The lowest BCUT2D eigenvalue weighted by Gasteiger charge is -2.28. The maximum atomic E-state index is 12.3. The van der Waals surface area contributed by atoms with Crippen molar-refractivity contribution in [1.82, 2.24) is 21.3 Å². The molecule has 5 N–H and O–H groups in total. The van der Waals surface area contributed by atoms with Gasteiger partial charge in [0.05, 0.1) is 35.0 Å². The summed E-state index contributed by atoms with van der Waals surface area (Å²) in [4.78, 5) is 61.0. The van der Waals surface area contributed by atoms with Crippen LogP contribution in [0.15, 0.2) is 53.5 Å². The highest BCUT2D eigenvalue weighted by Crippen LogP contribution is 2.13. The summed E-state index contributed by atoms with van der Waals surface area (Å²) in [6.07, 6.45) is -3.62. The van der Waals surface area contributed by atoms with Gasteiger partial charge in [-0.15, -0.1) is 0 Å². The molecule has 3 amide bonds. The molecule has 0 aromatic heterocycles. The molecule has 2 aromatic carbocycles. The molecule has 218 valence electrons. The summed E-state index contributed by atoms with van der Waals surface area (Å²) in [5.74, 6) is -0.846. The van der Waals surface area contributed by atoms with Crippen LogP contribution in [0, 0.1) is 20.2 Å². The largest absolute Gasteiger partial charge is 0.444 e. The zero-order valence-corrected chi connectivity index (χ0v) is 21.5. The van der Waals surface area contributed by atoms with Crippen molar-refractivity contribution in [3.05, 3.63) is 79.9 Å². The summed E-state index contributed by atoms with van der Waals surface area (Å²) in [7, 11) is 0. The Labute approximate surface area is 232 Å². The maximum absolute atomic E-state index is 12.3. The van der Waals surface area contributed by atoms with Gasteiger partial charge < -0.3 is 25.2 Å². The van der Waals surface area contributed by atoms with E-state index in [1.807, 2.05) is 0 Å². The summed E-state index contributed by atoms with van der Waals surface area (Å²) in [6, 6.07) is 10.5. The minimum absolute atomic E-state index is 0.0202. The molecule has 0 spiro atoms. The van der Waals surface area contributed by atoms with Crippen molar-refractivity contribution in [2.45, 2.75) is 31.8 Å². The first-order valence-electron chi connectivity index (χ1n) is 12.2. The average Bonchev–Trinajstić information content (AvgIpc) is 2.92. The van der Waals surface area contributed by atoms with Gasteiger partial charge in [0.2, 0.25) is 11.9 Å². The molecule has 17 heteroatoms. The quantitative estimate of drug-likeness (QED) is 0.109. The van der Waals surface area contributed by atoms with Crippen molar-refractivity contribution >= 4 is 35.4 Å². The molecule has 2 aromatic rings. The highest BCUT2D eigenvalue weighted by molar-refractivity contribution is 6.01. The van der Waals surface area contributed by atoms with Crippen LogP contribution in [0.25, 0.3) is 0 Å². The van der Waals surface area contributed by atoms with Crippen molar-refractivity contribution in [3.63, 3.8) is 0 Å². The number of benzene rings is 2. The van der Waals surface area contributed by atoms with Gasteiger partial charge in [0.15, 0.2) is 0 Å². The van der Waals surface area contributed by atoms with Gasteiger partial charge in [0.1, 0.15) is 13.2 Å². The van der Waals surface area contributed by atoms with Crippen LogP contribution in [-0.2, 0) is 27.5 Å². The number of alkyl carbamates (subject to hydrolysis) is 2. The van der Waals surface area contributed by atoms with E-state index in [4.69, 9.17) is 9.47 Å². The van der Waals surface area contributed by atoms with Crippen LogP contribution >= 0.6 is 0 Å². The lowest BCUT2D eigenvalue weighted by Crippen LogP contribution is -2.57. The van der Waals surface area contributed by atoms with Crippen LogP contribution in [0.4, 0.5) is 21.0 Å². The van der Waals surface area contributed by atoms with Gasteiger partial charge in [0, 0.05) is 37.4 Å². The Morgan fingerprint density at radius 1 is 0.902 bits per heavy atom. The molecule has 0 saturated carbocycles. The number of nitrogens with zero attached hydrogens (tertiary/aromatic N) is 3. The van der Waals surface area contributed by atoms with E-state index in [1.54, 1.807) is 0 Å². The van der Waals surface area contributed by atoms with E-state index in [1.165, 1.54) is 48.5 Å². The highest BCUT2D eigenvalue weighted by atomic mass is 16.6. The number of non-ortho nitro benzene ring substituents is 2. The Morgan fingerprint density at radius 2 is 1.37 bits per heavy atom. The molecule has 1 heterocycles. The SMILES string of the molecule is O=C(CC(O)CN=C(NC(=O)OCc1ccc([N+](=O)[O-])cc1)NC(=O)OCc1ccc([N+](=O)[O-])cc1)NC1CNC1. The number of guanidine groups is 1. The second-order valence-electron chi connectivity index (χ2n) is 8.72. The summed E-state index contributed by atoms with van der Waals surface area (Å²) >= 11 is 0. The van der Waals surface area contributed by atoms with E-state index in [0.29, 0.717) is 24.2 Å². The third-order valence-corrected chi connectivity index (χ3v) is 5.50. The van der Waals surface area contributed by atoms with E-state index in [-0.39, 0.29) is 43.6 Å². The number of ether oxygens (including phenoxy) is 2. The maximum Gasteiger partial charge on any atom is 0.414 e. The zero-order chi connectivity index (χ0) is 29.8. The van der Waals surface area contributed by atoms with E-state index >= 15 is 0 Å². The monoisotopic (exact) mass is 573 g/mol. The number of aliphatic hydroxyl groups excluding tert-OH is 1. The third-order valence-electron chi connectivity index (χ3n) is 5.50. The number of carbonyl (C=O) groups excluding carboxylic acids is 3. The second kappa shape index (κ2) is 14.8. The Bertz CT molecular complexity index is 1200. The fourth-order valence-electron chi connectivity index (χ4n) is 3.25. The van der Waals surface area contributed by atoms with E-state index in [0.717, 1.165) is 0 Å². The van der Waals surface area contributed by atoms with Crippen LogP contribution in [0.3, 0.4) is 0 Å². The Morgan fingerprint density at radius 3 is 1.76 bits per heavy atom. The molecule has 1 atom stereocenters. The molecule has 0 aliphatic carbocycles. The normalized spacial score (nSPS) is 13.1. The van der Waals surface area contributed by atoms with Crippen molar-refractivity contribution < 1.29 is 38.8 Å². The van der Waals surface area contributed by atoms with Crippen LogP contribution in [0.2, 0.25) is 0 Å². The summed E-state index contributed by atoms with van der Waals surface area (Å²) in [5.41, 5.74) is 0.618. The summed E-state index contributed by atoms with van der Waals surface area (Å²) in [6.45, 7) is 0.349. The first-order chi connectivity index (χ1) is 19.6. The fourth-order valence-corrected chi connectivity index (χ4v) is 3.25. The predicted octanol–water partition coefficient (Wildman–Crippen LogP) is 0.851. The van der Waals surface area contributed by atoms with Gasteiger partial charge in [-0.3, -0.25) is 35.7 Å². The van der Waals surface area contributed by atoms with Gasteiger partial charge >= 0.3 is 12.2 Å². The lowest BCUT2D eigenvalue weighted by atomic mass is 10.1. The first kappa shape index (κ1) is 30.4. The predicted molar refractivity (Wildman–Crippen MR) is 141 cm³/mol. The molecule has 1 saturated heterocycles. The molecule has 0 bridgehead atoms. The van der Waals surface area contributed by atoms with Gasteiger partial charge in [-0.05, 0) is 35.4 Å². The number of hydrogen-bond donors (Lipinski definition) is 5. The van der Waals surface area contributed by atoms with Gasteiger partial charge in [-0.25, -0.2) is 14.6 Å². The molecule has 1 unspecified atom stereocenters. The fraction of sp³-hybridized carbons (Fsp3) is 0.333. The van der Waals surface area contributed by atoms with Gasteiger partial charge in [-0.1, -0.05) is 0 Å². The minimum Gasteiger partial charge on any atom is -0.444 e. The molecule has 3 rings (SSSR count). The smallest absolute Gasteiger partial charge is 0.414 e. The summed E-state index contributed by atoms with van der Waals surface area (Å²) < 4.78 is 10.1. The zero-order valence-electron chi connectivity index (χ0n) is 21.5. The van der Waals surface area contributed by atoms with Crippen molar-refractivity contribution in [3.8, 4) is 0 Å². The van der Waals surface area contributed by atoms with Crippen molar-refractivity contribution in [1.29, 1.82) is 0 Å². The van der Waals surface area contributed by atoms with Gasteiger partial charge in [0.25, 0.3) is 11.4 Å². The molecule has 1 fully saturated rings. The Kier molecular flexibility index (Phi) is 11.0.